The number of H-pyrrole nitrogens is 1. The van der Waals surface area contributed by atoms with E-state index in [4.69, 9.17) is 23.3 Å². The van der Waals surface area contributed by atoms with E-state index in [9.17, 15) is 37.2 Å². The minimum Gasteiger partial charge on any atom is -0.387 e. The molecule has 2 heterocycles. The molecule has 0 radical (unpaired) electrons. The van der Waals surface area contributed by atoms with E-state index < -0.39 is 77.2 Å². The van der Waals surface area contributed by atoms with Gasteiger partial charge in [-0.05, 0) is 26.2 Å². The Balaban J connectivity index is 2.03. The molecular formula is C34H62FN2O12PS. The second-order valence-corrected chi connectivity index (χ2v) is 17.3. The zero-order chi connectivity index (χ0) is 37.9. The lowest BCUT2D eigenvalue weighted by molar-refractivity contribution is -0.258. The summed E-state index contributed by atoms with van der Waals surface area (Å²) in [5, 5.41) is 20.1. The van der Waals surface area contributed by atoms with Gasteiger partial charge in [0.25, 0.3) is 5.56 Å². The number of unbranched alkanes of at least 4 members (excludes halogenated alkanes) is 13. The normalized spacial score (nSPS) is 21.9. The van der Waals surface area contributed by atoms with E-state index in [0.717, 1.165) is 51.4 Å². The van der Waals surface area contributed by atoms with Crippen molar-refractivity contribution in [2.24, 2.45) is 0 Å². The van der Waals surface area contributed by atoms with Crippen molar-refractivity contribution < 1.29 is 50.9 Å². The summed E-state index contributed by atoms with van der Waals surface area (Å²) in [5.74, 6) is -1.32. The van der Waals surface area contributed by atoms with Crippen LogP contribution in [0.15, 0.2) is 15.8 Å². The number of hydrogen-bond acceptors (Lipinski definition) is 12. The summed E-state index contributed by atoms with van der Waals surface area (Å²) in [6.45, 7) is 6.80. The first-order valence-corrected chi connectivity index (χ1v) is 22.0. The Bertz CT molecular complexity index is 1390. The van der Waals surface area contributed by atoms with Gasteiger partial charge in [-0.1, -0.05) is 111 Å². The van der Waals surface area contributed by atoms with Crippen molar-refractivity contribution >= 4 is 17.7 Å². The molecular weight excluding hydrogens is 710 g/mol. The van der Waals surface area contributed by atoms with Crippen molar-refractivity contribution in [1.82, 2.24) is 9.55 Å². The number of halogens is 1. The molecule has 3 unspecified atom stereocenters. The van der Waals surface area contributed by atoms with Crippen LogP contribution in [0, 0.1) is 5.82 Å². The van der Waals surface area contributed by atoms with Crippen molar-refractivity contribution in [3.05, 3.63) is 32.9 Å². The van der Waals surface area contributed by atoms with Gasteiger partial charge >= 0.3 is 13.5 Å². The highest BCUT2D eigenvalue weighted by molar-refractivity contribution is 7.92. The van der Waals surface area contributed by atoms with E-state index in [1.54, 1.807) is 11.9 Å². The molecule has 0 spiro atoms. The molecule has 1 aliphatic heterocycles. The van der Waals surface area contributed by atoms with Crippen LogP contribution in [0.4, 0.5) is 4.39 Å². The molecule has 7 atom stereocenters. The molecule has 17 heteroatoms. The molecule has 0 amide bonds. The number of ether oxygens (including phenoxy) is 1. The SMILES string of the molecule is CCCCCCCCCCCCS(=O)(=O)C(CCCCCCC)C(C)OOP(=O)(OCCC)OC[C@H]1O[C@@H](n2cc(F)c(=O)[nH]c2=O)[C@H](O)[C@@H]1O. The van der Waals surface area contributed by atoms with Crippen LogP contribution in [-0.4, -0.2) is 76.8 Å². The minimum absolute atomic E-state index is 0.0000115. The van der Waals surface area contributed by atoms with Crippen molar-refractivity contribution in [3.8, 4) is 0 Å². The summed E-state index contributed by atoms with van der Waals surface area (Å²) in [6, 6.07) is 0. The number of nitrogens with zero attached hydrogens (tertiary/aromatic N) is 1. The fourth-order valence-corrected chi connectivity index (χ4v) is 9.18. The Kier molecular flexibility index (Phi) is 21.5. The summed E-state index contributed by atoms with van der Waals surface area (Å²) in [6.07, 6.45) is 9.15. The molecule has 1 saturated heterocycles. The standard InChI is InChI=1S/C34H62FN2O12PS/c1-5-8-10-12-13-14-15-16-18-20-23-51(43,44)29(21-19-17-11-9-6-2)26(4)48-49-50(42,45-22-7-3)46-25-28-30(38)31(39)33(47-28)37-24-27(35)32(40)36-34(37)41/h24,26,28-31,33,38-39H,5-23,25H2,1-4H3,(H,36,40,41)/t26?,28-,29?,30-,31-,33-,50?/m1/s1. The predicted molar refractivity (Wildman–Crippen MR) is 191 cm³/mol. The number of aliphatic hydroxyl groups is 2. The number of phosphoric ester groups is 1. The van der Waals surface area contributed by atoms with E-state index in [1.807, 2.05) is 0 Å². The predicted octanol–water partition coefficient (Wildman–Crippen LogP) is 6.25. The highest BCUT2D eigenvalue weighted by atomic mass is 32.2. The van der Waals surface area contributed by atoms with Crippen LogP contribution < -0.4 is 11.2 Å². The van der Waals surface area contributed by atoms with Crippen molar-refractivity contribution in [1.29, 1.82) is 0 Å². The summed E-state index contributed by atoms with van der Waals surface area (Å²) in [5.41, 5.74) is -2.36. The lowest BCUT2D eigenvalue weighted by atomic mass is 10.1. The molecule has 1 aromatic heterocycles. The number of aliphatic hydroxyl groups excluding tert-OH is 2. The lowest BCUT2D eigenvalue weighted by Crippen LogP contribution is -2.38. The maximum atomic E-state index is 13.9. The molecule has 0 aliphatic carbocycles. The molecule has 0 bridgehead atoms. The lowest BCUT2D eigenvalue weighted by Gasteiger charge is -2.26. The monoisotopic (exact) mass is 772 g/mol. The van der Waals surface area contributed by atoms with Gasteiger partial charge < -0.3 is 14.9 Å². The number of phosphoric acid groups is 1. The Hall–Kier alpha value is -1.49. The summed E-state index contributed by atoms with van der Waals surface area (Å²) >= 11 is 0. The Morgan fingerprint density at radius 1 is 0.882 bits per heavy atom. The molecule has 1 fully saturated rings. The van der Waals surface area contributed by atoms with Gasteiger partial charge in [0.2, 0.25) is 5.82 Å². The molecule has 1 aliphatic rings. The van der Waals surface area contributed by atoms with E-state index in [-0.39, 0.29) is 12.4 Å². The summed E-state index contributed by atoms with van der Waals surface area (Å²) in [4.78, 5) is 30.8. The quantitative estimate of drug-likeness (QED) is 0.0360. The van der Waals surface area contributed by atoms with E-state index >= 15 is 0 Å². The largest absolute Gasteiger partial charge is 0.502 e. The van der Waals surface area contributed by atoms with E-state index in [1.165, 1.54) is 39.0 Å². The molecule has 51 heavy (non-hydrogen) atoms. The highest BCUT2D eigenvalue weighted by Crippen LogP contribution is 2.51. The van der Waals surface area contributed by atoms with Crippen LogP contribution in [0.2, 0.25) is 0 Å². The van der Waals surface area contributed by atoms with E-state index in [2.05, 4.69) is 13.8 Å². The summed E-state index contributed by atoms with van der Waals surface area (Å²) < 4.78 is 76.7. The Labute approximate surface area is 302 Å². The molecule has 2 rings (SSSR count). The summed E-state index contributed by atoms with van der Waals surface area (Å²) in [7, 11) is -8.17. The first-order chi connectivity index (χ1) is 24.3. The fraction of sp³-hybridized carbons (Fsp3) is 0.882. The van der Waals surface area contributed by atoms with Crippen LogP contribution in [0.3, 0.4) is 0 Å². The van der Waals surface area contributed by atoms with Gasteiger partial charge in [0, 0.05) is 0 Å². The maximum absolute atomic E-state index is 13.9. The fourth-order valence-electron chi connectivity index (χ4n) is 5.97. The molecule has 0 aromatic carbocycles. The van der Waals surface area contributed by atoms with Crippen LogP contribution >= 0.6 is 7.82 Å². The van der Waals surface area contributed by atoms with Crippen molar-refractivity contribution in [2.75, 3.05) is 19.0 Å². The zero-order valence-corrected chi connectivity index (χ0v) is 32.6. The first-order valence-electron chi connectivity index (χ1n) is 18.8. The number of sulfone groups is 1. The third-order valence-electron chi connectivity index (χ3n) is 9.03. The van der Waals surface area contributed by atoms with Crippen LogP contribution in [0.25, 0.3) is 0 Å². The number of nitrogens with one attached hydrogen (secondary N) is 1. The third-order valence-corrected chi connectivity index (χ3v) is 12.7. The second kappa shape index (κ2) is 24.0. The Morgan fingerprint density at radius 3 is 2.04 bits per heavy atom. The molecule has 298 valence electrons. The third kappa shape index (κ3) is 15.8. The first kappa shape index (κ1) is 45.7. The second-order valence-electron chi connectivity index (χ2n) is 13.4. The number of rotatable bonds is 29. The molecule has 14 nitrogen and oxygen atoms in total. The zero-order valence-electron chi connectivity index (χ0n) is 30.8. The molecule has 3 N–H and O–H groups in total. The van der Waals surface area contributed by atoms with Crippen LogP contribution in [0.1, 0.15) is 143 Å². The van der Waals surface area contributed by atoms with Crippen LogP contribution in [0.5, 0.6) is 0 Å². The highest BCUT2D eigenvalue weighted by Gasteiger charge is 2.46. The topological polar surface area (TPSA) is 193 Å². The van der Waals surface area contributed by atoms with Gasteiger partial charge in [-0.15, -0.1) is 4.67 Å². The smallest absolute Gasteiger partial charge is 0.387 e. The number of aromatic amines is 1. The van der Waals surface area contributed by atoms with Gasteiger partial charge in [0.1, 0.15) is 24.4 Å². The average Bonchev–Trinajstić information content (AvgIpc) is 3.38. The number of aromatic nitrogens is 2. The molecule has 1 aromatic rings. The van der Waals surface area contributed by atoms with Gasteiger partial charge in [-0.25, -0.2) is 22.7 Å². The van der Waals surface area contributed by atoms with E-state index in [0.29, 0.717) is 36.4 Å². The average molecular weight is 773 g/mol. The van der Waals surface area contributed by atoms with Crippen molar-refractivity contribution in [2.45, 2.75) is 173 Å². The number of hydrogen-bond donors (Lipinski definition) is 3. The van der Waals surface area contributed by atoms with Gasteiger partial charge in [0.15, 0.2) is 16.1 Å². The minimum atomic E-state index is -4.55. The van der Waals surface area contributed by atoms with Gasteiger partial charge in [-0.2, -0.15) is 4.39 Å². The van der Waals surface area contributed by atoms with Gasteiger partial charge in [-0.3, -0.25) is 23.4 Å². The maximum Gasteiger partial charge on any atom is 0.502 e. The van der Waals surface area contributed by atoms with Gasteiger partial charge in [0.05, 0.1) is 30.4 Å². The van der Waals surface area contributed by atoms with Crippen LogP contribution in [-0.2, 0) is 37.7 Å². The molecule has 0 saturated carbocycles. The van der Waals surface area contributed by atoms with Crippen molar-refractivity contribution in [3.63, 3.8) is 0 Å². The Morgan fingerprint density at radius 2 is 1.45 bits per heavy atom.